The van der Waals surface area contributed by atoms with Crippen LogP contribution in [0.25, 0.3) is 6.08 Å². The van der Waals surface area contributed by atoms with E-state index in [2.05, 4.69) is 27.9 Å². The van der Waals surface area contributed by atoms with Crippen LogP contribution in [0, 0.1) is 21.8 Å². The fourth-order valence-electron chi connectivity index (χ4n) is 2.63. The Labute approximate surface area is 188 Å². The molecule has 0 radical (unpaired) electrons. The number of nitriles is 1. The summed E-state index contributed by atoms with van der Waals surface area (Å²) in [6.07, 6.45) is 1.53. The number of carbonyl (C=O) groups excluding carboxylic acids is 1. The molecule has 150 valence electrons. The number of anilines is 1. The number of benzene rings is 3. The smallest absolute Gasteiger partial charge is 0.266 e. The van der Waals surface area contributed by atoms with E-state index >= 15 is 0 Å². The minimum Gasteiger partial charge on any atom is -0.508 e. The van der Waals surface area contributed by atoms with Crippen molar-refractivity contribution in [3.8, 4) is 17.6 Å². The lowest BCUT2D eigenvalue weighted by atomic mass is 10.1. The Balaban J connectivity index is 1.69. The predicted molar refractivity (Wildman–Crippen MR) is 125 cm³/mol. The number of carbonyl (C=O) groups is 1. The first-order valence-electron chi connectivity index (χ1n) is 9.14. The Hall–Kier alpha value is -3.31. The number of phenols is 1. The van der Waals surface area contributed by atoms with Gasteiger partial charge < -0.3 is 15.2 Å². The zero-order chi connectivity index (χ0) is 21.5. The molecule has 3 rings (SSSR count). The molecule has 0 fully saturated rings. The highest BCUT2D eigenvalue weighted by atomic mass is 127. The zero-order valence-electron chi connectivity index (χ0n) is 16.2. The van der Waals surface area contributed by atoms with Crippen LogP contribution in [-0.4, -0.2) is 11.0 Å². The molecule has 6 heteroatoms. The summed E-state index contributed by atoms with van der Waals surface area (Å²) in [5.41, 5.74) is 3.48. The normalized spacial score (nSPS) is 10.9. The third-order valence-electron chi connectivity index (χ3n) is 4.27. The van der Waals surface area contributed by atoms with Gasteiger partial charge in [-0.15, -0.1) is 0 Å². The number of rotatable bonds is 6. The van der Waals surface area contributed by atoms with Crippen molar-refractivity contribution < 1.29 is 14.6 Å². The molecule has 3 aromatic rings. The SMILES string of the molecule is Cc1ccc(COc2ccc(/C=C(\C#N)C(=O)Nc3ccc(O)cc3)cc2I)cc1. The van der Waals surface area contributed by atoms with Gasteiger partial charge in [0.15, 0.2) is 0 Å². The number of nitrogens with one attached hydrogen (secondary N) is 1. The van der Waals surface area contributed by atoms with E-state index in [0.29, 0.717) is 12.3 Å². The number of phenolic OH excluding ortho intramolecular Hbond substituents is 1. The van der Waals surface area contributed by atoms with Crippen LogP contribution in [-0.2, 0) is 11.4 Å². The molecule has 1 amide bonds. The highest BCUT2D eigenvalue weighted by Gasteiger charge is 2.11. The van der Waals surface area contributed by atoms with Gasteiger partial charge in [0.05, 0.1) is 3.57 Å². The Morgan fingerprint density at radius 2 is 1.83 bits per heavy atom. The van der Waals surface area contributed by atoms with Crippen LogP contribution in [0.4, 0.5) is 5.69 Å². The summed E-state index contributed by atoms with van der Waals surface area (Å²) in [7, 11) is 0. The highest BCUT2D eigenvalue weighted by molar-refractivity contribution is 14.1. The molecule has 0 spiro atoms. The molecule has 3 aromatic carbocycles. The van der Waals surface area contributed by atoms with Crippen LogP contribution in [0.5, 0.6) is 11.5 Å². The third-order valence-corrected chi connectivity index (χ3v) is 5.12. The number of ether oxygens (including phenoxy) is 1. The topological polar surface area (TPSA) is 82.3 Å². The second-order valence-corrected chi connectivity index (χ2v) is 7.80. The molecule has 5 nitrogen and oxygen atoms in total. The molecule has 0 bridgehead atoms. The van der Waals surface area contributed by atoms with Crippen LogP contribution in [0.3, 0.4) is 0 Å². The first kappa shape index (κ1) is 21.4. The van der Waals surface area contributed by atoms with Gasteiger partial charge in [-0.2, -0.15) is 5.26 Å². The van der Waals surface area contributed by atoms with Crippen molar-refractivity contribution in [2.75, 3.05) is 5.32 Å². The quantitative estimate of drug-likeness (QED) is 0.201. The fraction of sp³-hybridized carbons (Fsp3) is 0.0833. The first-order chi connectivity index (χ1) is 14.4. The molecule has 2 N–H and O–H groups in total. The van der Waals surface area contributed by atoms with Crippen LogP contribution >= 0.6 is 22.6 Å². The third kappa shape index (κ3) is 5.84. The Morgan fingerprint density at radius 1 is 1.13 bits per heavy atom. The summed E-state index contributed by atoms with van der Waals surface area (Å²) < 4.78 is 6.77. The van der Waals surface area contributed by atoms with Gasteiger partial charge in [-0.3, -0.25) is 4.79 Å². The van der Waals surface area contributed by atoms with Crippen molar-refractivity contribution in [1.29, 1.82) is 5.26 Å². The maximum absolute atomic E-state index is 12.4. The predicted octanol–water partition coefficient (Wildman–Crippen LogP) is 5.43. The summed E-state index contributed by atoms with van der Waals surface area (Å²) in [5.74, 6) is 0.321. The average molecular weight is 510 g/mol. The summed E-state index contributed by atoms with van der Waals surface area (Å²) in [5, 5.41) is 21.3. The molecular weight excluding hydrogens is 491 g/mol. The number of amides is 1. The summed E-state index contributed by atoms with van der Waals surface area (Å²) in [6, 6.07) is 21.6. The maximum Gasteiger partial charge on any atom is 0.266 e. The van der Waals surface area contributed by atoms with Gasteiger partial charge in [-0.05, 0) is 83.1 Å². The largest absolute Gasteiger partial charge is 0.508 e. The molecule has 0 heterocycles. The van der Waals surface area contributed by atoms with Crippen molar-refractivity contribution in [2.24, 2.45) is 0 Å². The van der Waals surface area contributed by atoms with E-state index in [1.807, 2.05) is 49.4 Å². The number of hydrogen-bond donors (Lipinski definition) is 2. The molecule has 0 saturated heterocycles. The van der Waals surface area contributed by atoms with E-state index in [-0.39, 0.29) is 11.3 Å². The van der Waals surface area contributed by atoms with Crippen LogP contribution in [0.2, 0.25) is 0 Å². The summed E-state index contributed by atoms with van der Waals surface area (Å²) >= 11 is 2.17. The molecule has 30 heavy (non-hydrogen) atoms. The van der Waals surface area contributed by atoms with Crippen molar-refractivity contribution in [1.82, 2.24) is 0 Å². The summed E-state index contributed by atoms with van der Waals surface area (Å²) in [4.78, 5) is 12.4. The van der Waals surface area contributed by atoms with E-state index in [1.165, 1.54) is 23.8 Å². The fourth-order valence-corrected chi connectivity index (χ4v) is 3.32. The van der Waals surface area contributed by atoms with E-state index in [0.717, 1.165) is 20.4 Å². The van der Waals surface area contributed by atoms with Gasteiger partial charge in [0.2, 0.25) is 0 Å². The minimum atomic E-state index is -0.516. The van der Waals surface area contributed by atoms with Crippen molar-refractivity contribution in [3.05, 3.63) is 92.6 Å². The van der Waals surface area contributed by atoms with Crippen molar-refractivity contribution >= 4 is 40.3 Å². The van der Waals surface area contributed by atoms with Gasteiger partial charge in [0.25, 0.3) is 5.91 Å². The molecule has 0 atom stereocenters. The Morgan fingerprint density at radius 3 is 2.47 bits per heavy atom. The van der Waals surface area contributed by atoms with Crippen LogP contribution < -0.4 is 10.1 Å². The lowest BCUT2D eigenvalue weighted by Crippen LogP contribution is -2.13. The number of halogens is 1. The first-order valence-corrected chi connectivity index (χ1v) is 10.2. The standard InChI is InChI=1S/C24H19IN2O3/c1-16-2-4-17(5-3-16)15-30-23-11-6-18(13-22(23)25)12-19(14-26)24(29)27-20-7-9-21(28)10-8-20/h2-13,28H,15H2,1H3,(H,27,29)/b19-12+. The van der Waals surface area contributed by atoms with Gasteiger partial charge in [-0.25, -0.2) is 0 Å². The number of hydrogen-bond acceptors (Lipinski definition) is 4. The van der Waals surface area contributed by atoms with Crippen LogP contribution in [0.1, 0.15) is 16.7 Å². The monoisotopic (exact) mass is 510 g/mol. The molecule has 0 aliphatic heterocycles. The van der Waals surface area contributed by atoms with E-state index in [4.69, 9.17) is 4.74 Å². The molecular formula is C24H19IN2O3. The van der Waals surface area contributed by atoms with Gasteiger partial charge in [0.1, 0.15) is 29.7 Å². The molecule has 0 aliphatic rings. The lowest BCUT2D eigenvalue weighted by molar-refractivity contribution is -0.112. The maximum atomic E-state index is 12.4. The number of aromatic hydroxyl groups is 1. The van der Waals surface area contributed by atoms with Gasteiger partial charge in [-0.1, -0.05) is 35.9 Å². The van der Waals surface area contributed by atoms with E-state index in [9.17, 15) is 15.2 Å². The van der Waals surface area contributed by atoms with Crippen molar-refractivity contribution in [2.45, 2.75) is 13.5 Å². The second kappa shape index (κ2) is 9.94. The van der Waals surface area contributed by atoms with E-state index in [1.54, 1.807) is 18.2 Å². The molecule has 0 aromatic heterocycles. The average Bonchev–Trinajstić information content (AvgIpc) is 2.74. The Bertz CT molecular complexity index is 1110. The Kier molecular flexibility index (Phi) is 7.09. The highest BCUT2D eigenvalue weighted by Crippen LogP contribution is 2.24. The van der Waals surface area contributed by atoms with Gasteiger partial charge in [0, 0.05) is 5.69 Å². The zero-order valence-corrected chi connectivity index (χ0v) is 18.4. The van der Waals surface area contributed by atoms with Crippen LogP contribution in [0.15, 0.2) is 72.3 Å². The lowest BCUT2D eigenvalue weighted by Gasteiger charge is -2.09. The number of nitrogens with zero attached hydrogens (tertiary/aromatic N) is 1. The minimum absolute atomic E-state index is 0.0211. The molecule has 0 saturated carbocycles. The van der Waals surface area contributed by atoms with E-state index < -0.39 is 5.91 Å². The molecule has 0 aliphatic carbocycles. The van der Waals surface area contributed by atoms with Crippen molar-refractivity contribution in [3.63, 3.8) is 0 Å². The number of aryl methyl sites for hydroxylation is 1. The summed E-state index contributed by atoms with van der Waals surface area (Å²) in [6.45, 7) is 2.50. The molecule has 0 unspecified atom stereocenters. The second-order valence-electron chi connectivity index (χ2n) is 6.63. The van der Waals surface area contributed by atoms with Gasteiger partial charge >= 0.3 is 0 Å².